The minimum absolute atomic E-state index is 0.00685. The van der Waals surface area contributed by atoms with Gasteiger partial charge in [0.2, 0.25) is 0 Å². The van der Waals surface area contributed by atoms with E-state index in [1.165, 1.54) is 18.4 Å². The first kappa shape index (κ1) is 22.7. The zero-order valence-corrected chi connectivity index (χ0v) is 19.3. The zero-order valence-electron chi connectivity index (χ0n) is 18.4. The molecule has 6 nitrogen and oxygen atoms in total. The molecule has 1 aromatic heterocycles. The van der Waals surface area contributed by atoms with Gasteiger partial charge in [0.25, 0.3) is 5.91 Å². The van der Waals surface area contributed by atoms with Crippen molar-refractivity contribution >= 4 is 33.4 Å². The van der Waals surface area contributed by atoms with E-state index < -0.39 is 5.97 Å². The van der Waals surface area contributed by atoms with Crippen LogP contribution in [0.2, 0.25) is 0 Å². The van der Waals surface area contributed by atoms with Crippen molar-refractivity contribution in [3.63, 3.8) is 0 Å². The number of hydrogen-bond donors (Lipinski definition) is 0. The summed E-state index contributed by atoms with van der Waals surface area (Å²) in [6, 6.07) is 11.1. The highest BCUT2D eigenvalue weighted by atomic mass is 32.1. The fraction of sp³-hybridized carbons (Fsp3) is 0.375. The fourth-order valence-corrected chi connectivity index (χ4v) is 4.63. The summed E-state index contributed by atoms with van der Waals surface area (Å²) in [5.41, 5.74) is 3.47. The summed E-state index contributed by atoms with van der Waals surface area (Å²) in [7, 11) is 1.35. The van der Waals surface area contributed by atoms with E-state index in [1.54, 1.807) is 22.8 Å². The Labute approximate surface area is 186 Å². The van der Waals surface area contributed by atoms with Gasteiger partial charge in [-0.25, -0.2) is 0 Å². The normalized spacial score (nSPS) is 11.7. The van der Waals surface area contributed by atoms with Gasteiger partial charge < -0.3 is 14.0 Å². The predicted molar refractivity (Wildman–Crippen MR) is 123 cm³/mol. The number of amides is 1. The van der Waals surface area contributed by atoms with Gasteiger partial charge in [0, 0.05) is 5.56 Å². The highest BCUT2D eigenvalue weighted by Crippen LogP contribution is 2.23. The Kier molecular flexibility index (Phi) is 7.63. The Morgan fingerprint density at radius 1 is 1.13 bits per heavy atom. The van der Waals surface area contributed by atoms with Crippen molar-refractivity contribution < 1.29 is 19.1 Å². The van der Waals surface area contributed by atoms with Gasteiger partial charge in [0.1, 0.15) is 12.3 Å². The summed E-state index contributed by atoms with van der Waals surface area (Å²) in [6.07, 6.45) is 3.21. The maximum Gasteiger partial charge on any atom is 0.325 e. The lowest BCUT2D eigenvalue weighted by Gasteiger charge is -2.07. The summed E-state index contributed by atoms with van der Waals surface area (Å²) < 4.78 is 13.3. The SMILES string of the molecule is CCCCCOc1cccc(C(=O)N=c2sc3cc(C)cc(C)c3n2CC(=O)OC)c1. The number of fused-ring (bicyclic) bond motifs is 1. The maximum atomic E-state index is 12.9. The molecule has 3 aromatic rings. The topological polar surface area (TPSA) is 69.9 Å². The Balaban J connectivity index is 1.98. The van der Waals surface area contributed by atoms with E-state index in [2.05, 4.69) is 11.9 Å². The predicted octanol–water partition coefficient (Wildman–Crippen LogP) is 4.80. The van der Waals surface area contributed by atoms with Gasteiger partial charge in [-0.1, -0.05) is 43.2 Å². The number of esters is 1. The van der Waals surface area contributed by atoms with Crippen LogP contribution in [0.3, 0.4) is 0 Å². The molecule has 0 N–H and O–H groups in total. The van der Waals surface area contributed by atoms with Crippen LogP contribution in [-0.2, 0) is 16.1 Å². The molecule has 0 bridgehead atoms. The van der Waals surface area contributed by atoms with Gasteiger partial charge in [-0.3, -0.25) is 9.59 Å². The number of rotatable bonds is 8. The number of hydrogen-bond acceptors (Lipinski definition) is 5. The number of carbonyl (C=O) groups excluding carboxylic acids is 2. The number of nitrogens with zero attached hydrogens (tertiary/aromatic N) is 2. The average molecular weight is 441 g/mol. The van der Waals surface area contributed by atoms with Gasteiger partial charge in [0.05, 0.1) is 23.9 Å². The van der Waals surface area contributed by atoms with Crippen LogP contribution in [0.15, 0.2) is 41.4 Å². The van der Waals surface area contributed by atoms with E-state index in [9.17, 15) is 9.59 Å². The molecular formula is C24H28N2O4S. The summed E-state index contributed by atoms with van der Waals surface area (Å²) in [5, 5.41) is 0. The van der Waals surface area contributed by atoms with Crippen LogP contribution in [0.4, 0.5) is 0 Å². The first-order valence-corrected chi connectivity index (χ1v) is 11.2. The first-order valence-electron chi connectivity index (χ1n) is 10.4. The Morgan fingerprint density at radius 2 is 1.94 bits per heavy atom. The summed E-state index contributed by atoms with van der Waals surface area (Å²) in [5.74, 6) is -0.114. The standard InChI is InChI=1S/C24H28N2O4S/c1-5-6-7-11-30-19-10-8-9-18(14-19)23(28)25-24-26(15-21(27)29-4)22-17(3)12-16(2)13-20(22)31-24/h8-10,12-14H,5-7,11,15H2,1-4H3. The molecule has 0 spiro atoms. The Bertz CT molecular complexity index is 1160. The van der Waals surface area contributed by atoms with Gasteiger partial charge in [-0.05, 0) is 55.7 Å². The molecule has 3 rings (SSSR count). The first-order chi connectivity index (χ1) is 14.9. The maximum absolute atomic E-state index is 12.9. The number of unbranched alkanes of at least 4 members (excludes halogenated alkanes) is 2. The molecule has 7 heteroatoms. The monoisotopic (exact) mass is 440 g/mol. The van der Waals surface area contributed by atoms with Crippen LogP contribution in [0.5, 0.6) is 5.75 Å². The van der Waals surface area contributed by atoms with Crippen LogP contribution in [0, 0.1) is 13.8 Å². The molecule has 0 radical (unpaired) electrons. The molecular weight excluding hydrogens is 412 g/mol. The van der Waals surface area contributed by atoms with Crippen molar-refractivity contribution in [2.75, 3.05) is 13.7 Å². The third-order valence-corrected chi connectivity index (χ3v) is 5.95. The van der Waals surface area contributed by atoms with Crippen molar-refractivity contribution in [1.29, 1.82) is 0 Å². The minimum Gasteiger partial charge on any atom is -0.494 e. The minimum atomic E-state index is -0.393. The second-order valence-corrected chi connectivity index (χ2v) is 8.48. The van der Waals surface area contributed by atoms with Gasteiger partial charge in [-0.2, -0.15) is 4.99 Å². The molecule has 1 amide bonds. The molecule has 0 aliphatic rings. The Hall–Kier alpha value is -2.93. The number of methoxy groups -OCH3 is 1. The second-order valence-electron chi connectivity index (χ2n) is 7.48. The largest absolute Gasteiger partial charge is 0.494 e. The zero-order chi connectivity index (χ0) is 22.4. The molecule has 2 aromatic carbocycles. The van der Waals surface area contributed by atoms with E-state index in [0.717, 1.165) is 40.6 Å². The lowest BCUT2D eigenvalue weighted by Crippen LogP contribution is -2.22. The molecule has 0 saturated carbocycles. The van der Waals surface area contributed by atoms with Crippen LogP contribution in [0.25, 0.3) is 10.2 Å². The average Bonchev–Trinajstić information content (AvgIpc) is 3.08. The van der Waals surface area contributed by atoms with E-state index >= 15 is 0 Å². The highest BCUT2D eigenvalue weighted by Gasteiger charge is 2.15. The lowest BCUT2D eigenvalue weighted by molar-refractivity contribution is -0.141. The smallest absolute Gasteiger partial charge is 0.325 e. The number of aromatic nitrogens is 1. The molecule has 0 aliphatic heterocycles. The Morgan fingerprint density at radius 3 is 2.68 bits per heavy atom. The molecule has 31 heavy (non-hydrogen) atoms. The number of thiazole rings is 1. The summed E-state index contributed by atoms with van der Waals surface area (Å²) in [4.78, 5) is 29.8. The molecule has 0 saturated heterocycles. The van der Waals surface area contributed by atoms with Gasteiger partial charge in [-0.15, -0.1) is 0 Å². The van der Waals surface area contributed by atoms with Crippen molar-refractivity contribution in [2.24, 2.45) is 4.99 Å². The van der Waals surface area contributed by atoms with Crippen molar-refractivity contribution in [3.8, 4) is 5.75 Å². The molecule has 164 valence electrons. The molecule has 0 fully saturated rings. The fourth-order valence-electron chi connectivity index (χ4n) is 3.43. The second kappa shape index (κ2) is 10.4. The third kappa shape index (κ3) is 5.61. The molecule has 0 atom stereocenters. The quantitative estimate of drug-likeness (QED) is 0.373. The number of aryl methyl sites for hydroxylation is 2. The lowest BCUT2D eigenvalue weighted by atomic mass is 10.1. The van der Waals surface area contributed by atoms with Crippen LogP contribution >= 0.6 is 11.3 Å². The molecule has 0 aliphatic carbocycles. The van der Waals surface area contributed by atoms with Gasteiger partial charge >= 0.3 is 5.97 Å². The highest BCUT2D eigenvalue weighted by molar-refractivity contribution is 7.16. The van der Waals surface area contributed by atoms with E-state index in [0.29, 0.717) is 22.7 Å². The van der Waals surface area contributed by atoms with Gasteiger partial charge in [0.15, 0.2) is 4.80 Å². The third-order valence-electron chi connectivity index (χ3n) is 4.92. The van der Waals surface area contributed by atoms with Crippen LogP contribution in [0.1, 0.15) is 47.7 Å². The van der Waals surface area contributed by atoms with E-state index in [4.69, 9.17) is 9.47 Å². The summed E-state index contributed by atoms with van der Waals surface area (Å²) >= 11 is 1.39. The van der Waals surface area contributed by atoms with Crippen LogP contribution in [-0.4, -0.2) is 30.2 Å². The van der Waals surface area contributed by atoms with E-state index in [1.807, 2.05) is 32.0 Å². The van der Waals surface area contributed by atoms with Crippen LogP contribution < -0.4 is 9.54 Å². The van der Waals surface area contributed by atoms with E-state index in [-0.39, 0.29) is 12.5 Å². The molecule has 0 unspecified atom stereocenters. The number of benzene rings is 2. The number of carbonyl (C=O) groups is 2. The van der Waals surface area contributed by atoms with Crippen molar-refractivity contribution in [3.05, 3.63) is 57.9 Å². The van der Waals surface area contributed by atoms with Crippen molar-refractivity contribution in [1.82, 2.24) is 4.57 Å². The summed E-state index contributed by atoms with van der Waals surface area (Å²) in [6.45, 7) is 6.76. The van der Waals surface area contributed by atoms with Crippen molar-refractivity contribution in [2.45, 2.75) is 46.6 Å². The molecule has 1 heterocycles. The number of ether oxygens (including phenoxy) is 2.